The largest absolute Gasteiger partial charge is 0.488 e. The van der Waals surface area contributed by atoms with Crippen molar-refractivity contribution >= 4 is 23.4 Å². The van der Waals surface area contributed by atoms with E-state index in [1.165, 1.54) is 12.4 Å². The molecule has 0 radical (unpaired) electrons. The number of nitrogens with one attached hydrogen (secondary N) is 1. The van der Waals surface area contributed by atoms with Gasteiger partial charge in [0.05, 0.1) is 5.02 Å². The van der Waals surface area contributed by atoms with Crippen molar-refractivity contribution in [2.75, 3.05) is 6.54 Å². The Morgan fingerprint density at radius 1 is 1.59 bits per heavy atom. The van der Waals surface area contributed by atoms with E-state index < -0.39 is 0 Å². The predicted octanol–water partition coefficient (Wildman–Crippen LogP) is 2.02. The Hall–Kier alpha value is -1.52. The molecule has 0 aliphatic carbocycles. The highest BCUT2D eigenvalue weighted by Crippen LogP contribution is 2.28. The van der Waals surface area contributed by atoms with Gasteiger partial charge in [-0.1, -0.05) is 17.7 Å². The predicted molar refractivity (Wildman–Crippen MR) is 71.5 cm³/mol. The van der Waals surface area contributed by atoms with Crippen molar-refractivity contribution in [1.82, 2.24) is 0 Å². The van der Waals surface area contributed by atoms with Gasteiger partial charge in [0.1, 0.15) is 11.9 Å². The molecule has 1 atom stereocenters. The van der Waals surface area contributed by atoms with Gasteiger partial charge < -0.3 is 21.6 Å². The summed E-state index contributed by atoms with van der Waals surface area (Å²) >= 11 is 6.01. The van der Waals surface area contributed by atoms with Crippen LogP contribution in [0.2, 0.25) is 5.02 Å². The van der Waals surface area contributed by atoms with Crippen LogP contribution in [0.3, 0.4) is 0 Å². The molecule has 0 heterocycles. The number of ether oxygens (including phenoxy) is 1. The lowest BCUT2D eigenvalue weighted by Crippen LogP contribution is -2.23. The second-order valence-corrected chi connectivity index (χ2v) is 3.98. The minimum Gasteiger partial charge on any atom is -0.488 e. The fraction of sp³-hybridized carbons (Fsp3) is 0.250. The van der Waals surface area contributed by atoms with E-state index in [0.717, 1.165) is 5.56 Å². The number of allylic oxidation sites excluding steroid dienone is 1. The van der Waals surface area contributed by atoms with Gasteiger partial charge in [0, 0.05) is 24.5 Å². The van der Waals surface area contributed by atoms with Crippen LogP contribution >= 0.6 is 11.6 Å². The van der Waals surface area contributed by atoms with E-state index >= 15 is 0 Å². The number of rotatable bonds is 5. The average molecular weight is 254 g/mol. The number of halogens is 1. The molecule has 0 spiro atoms. The molecule has 5 N–H and O–H groups in total. The number of benzene rings is 1. The summed E-state index contributed by atoms with van der Waals surface area (Å²) in [7, 11) is 0. The third-order valence-corrected chi connectivity index (χ3v) is 2.57. The Morgan fingerprint density at radius 2 is 2.29 bits per heavy atom. The van der Waals surface area contributed by atoms with Gasteiger partial charge in [-0.2, -0.15) is 0 Å². The van der Waals surface area contributed by atoms with Crippen LogP contribution < -0.4 is 16.2 Å². The van der Waals surface area contributed by atoms with Gasteiger partial charge in [0.25, 0.3) is 0 Å². The van der Waals surface area contributed by atoms with Crippen LogP contribution in [0.25, 0.3) is 5.57 Å². The third-order valence-electron chi connectivity index (χ3n) is 2.26. The summed E-state index contributed by atoms with van der Waals surface area (Å²) in [5, 5.41) is 7.74. The van der Waals surface area contributed by atoms with Crippen LogP contribution in [-0.2, 0) is 0 Å². The summed E-state index contributed by atoms with van der Waals surface area (Å²) in [5.74, 6) is 0.545. The van der Waals surface area contributed by atoms with Crippen molar-refractivity contribution in [2.24, 2.45) is 11.5 Å². The van der Waals surface area contributed by atoms with Crippen molar-refractivity contribution in [1.29, 1.82) is 5.41 Å². The van der Waals surface area contributed by atoms with Crippen LogP contribution in [0, 0.1) is 5.41 Å². The highest BCUT2D eigenvalue weighted by Gasteiger charge is 2.08. The van der Waals surface area contributed by atoms with Crippen molar-refractivity contribution in [3.8, 4) is 5.75 Å². The highest BCUT2D eigenvalue weighted by atomic mass is 35.5. The van der Waals surface area contributed by atoms with Crippen LogP contribution in [0.4, 0.5) is 0 Å². The smallest absolute Gasteiger partial charge is 0.138 e. The zero-order valence-corrected chi connectivity index (χ0v) is 10.4. The minimum atomic E-state index is -0.118. The highest BCUT2D eigenvalue weighted by molar-refractivity contribution is 6.32. The van der Waals surface area contributed by atoms with Gasteiger partial charge in [-0.25, -0.2) is 0 Å². The van der Waals surface area contributed by atoms with E-state index in [1.54, 1.807) is 18.2 Å². The molecule has 0 saturated carbocycles. The zero-order chi connectivity index (χ0) is 12.8. The molecule has 0 aliphatic rings. The van der Waals surface area contributed by atoms with Crippen molar-refractivity contribution in [2.45, 2.75) is 13.0 Å². The first-order valence-electron chi connectivity index (χ1n) is 5.21. The first-order valence-corrected chi connectivity index (χ1v) is 5.59. The molecular formula is C12H16ClN3O. The van der Waals surface area contributed by atoms with E-state index in [4.69, 9.17) is 33.2 Å². The second kappa shape index (κ2) is 6.27. The summed E-state index contributed by atoms with van der Waals surface area (Å²) in [4.78, 5) is 0. The number of hydrogen-bond acceptors (Lipinski definition) is 4. The maximum atomic E-state index is 7.23. The van der Waals surface area contributed by atoms with E-state index in [1.807, 2.05) is 6.92 Å². The summed E-state index contributed by atoms with van der Waals surface area (Å²) in [6.07, 6.45) is 2.43. The molecule has 1 aromatic rings. The Morgan fingerprint density at radius 3 is 2.82 bits per heavy atom. The van der Waals surface area contributed by atoms with Gasteiger partial charge in [-0.15, -0.1) is 0 Å². The molecule has 5 heteroatoms. The lowest BCUT2D eigenvalue weighted by molar-refractivity contribution is 0.230. The number of nitrogens with two attached hydrogens (primary N) is 2. The monoisotopic (exact) mass is 253 g/mol. The quantitative estimate of drug-likeness (QED) is 0.702. The molecule has 0 unspecified atom stereocenters. The van der Waals surface area contributed by atoms with Crippen molar-refractivity contribution in [3.63, 3.8) is 0 Å². The van der Waals surface area contributed by atoms with Gasteiger partial charge in [0.15, 0.2) is 0 Å². The fourth-order valence-corrected chi connectivity index (χ4v) is 1.43. The molecule has 17 heavy (non-hydrogen) atoms. The SMILES string of the molecule is C[C@@H](CN)Oc1cc(/C(C=N)=C/N)ccc1Cl. The lowest BCUT2D eigenvalue weighted by atomic mass is 10.1. The van der Waals surface area contributed by atoms with Gasteiger partial charge in [-0.3, -0.25) is 0 Å². The average Bonchev–Trinajstić information content (AvgIpc) is 2.34. The molecular weight excluding hydrogens is 238 g/mol. The van der Waals surface area contributed by atoms with E-state index in [-0.39, 0.29) is 6.10 Å². The molecule has 0 fully saturated rings. The summed E-state index contributed by atoms with van der Waals surface area (Å²) in [5.41, 5.74) is 12.3. The summed E-state index contributed by atoms with van der Waals surface area (Å²) < 4.78 is 5.57. The van der Waals surface area contributed by atoms with Crippen LogP contribution in [0.1, 0.15) is 12.5 Å². The van der Waals surface area contributed by atoms with E-state index in [9.17, 15) is 0 Å². The van der Waals surface area contributed by atoms with Gasteiger partial charge in [-0.05, 0) is 24.6 Å². The fourth-order valence-electron chi connectivity index (χ4n) is 1.27. The van der Waals surface area contributed by atoms with Gasteiger partial charge >= 0.3 is 0 Å². The molecule has 0 aliphatic heterocycles. The Bertz CT molecular complexity index is 432. The molecule has 0 bridgehead atoms. The van der Waals surface area contributed by atoms with E-state index in [0.29, 0.717) is 22.9 Å². The summed E-state index contributed by atoms with van der Waals surface area (Å²) in [6, 6.07) is 5.24. The lowest BCUT2D eigenvalue weighted by Gasteiger charge is -2.14. The normalized spacial score (nSPS) is 13.2. The molecule has 1 aromatic carbocycles. The number of hydrogen-bond donors (Lipinski definition) is 3. The molecule has 1 rings (SSSR count). The van der Waals surface area contributed by atoms with E-state index in [2.05, 4.69) is 0 Å². The Kier molecular flexibility index (Phi) is 5.00. The zero-order valence-electron chi connectivity index (χ0n) is 9.61. The molecule has 0 saturated heterocycles. The van der Waals surface area contributed by atoms with Gasteiger partial charge in [0.2, 0.25) is 0 Å². The molecule has 92 valence electrons. The summed E-state index contributed by atoms with van der Waals surface area (Å²) in [6.45, 7) is 2.27. The Labute approximate surface area is 106 Å². The third kappa shape index (κ3) is 3.47. The van der Waals surface area contributed by atoms with Crippen LogP contribution in [0.15, 0.2) is 24.4 Å². The Balaban J connectivity index is 3.06. The molecule has 0 amide bonds. The first-order chi connectivity index (χ1) is 8.12. The topological polar surface area (TPSA) is 85.1 Å². The minimum absolute atomic E-state index is 0.118. The maximum absolute atomic E-state index is 7.23. The van der Waals surface area contributed by atoms with Crippen LogP contribution in [-0.4, -0.2) is 18.9 Å². The second-order valence-electron chi connectivity index (χ2n) is 3.58. The molecule has 4 nitrogen and oxygen atoms in total. The first kappa shape index (κ1) is 13.5. The van der Waals surface area contributed by atoms with Crippen LogP contribution in [0.5, 0.6) is 5.75 Å². The van der Waals surface area contributed by atoms with Crippen molar-refractivity contribution in [3.05, 3.63) is 35.0 Å². The van der Waals surface area contributed by atoms with Crippen molar-refractivity contribution < 1.29 is 4.74 Å². The maximum Gasteiger partial charge on any atom is 0.138 e. The standard InChI is InChI=1S/C12H16ClN3O/c1-8(5-14)17-12-4-9(2-3-11(12)13)10(6-15)7-16/h2-4,6-8,15H,5,14,16H2,1H3/b10-7+,15-6?/t8-/m0/s1. The molecule has 0 aromatic heterocycles.